The van der Waals surface area contributed by atoms with E-state index in [2.05, 4.69) is 10.3 Å². The number of fused-ring (bicyclic) bond motifs is 1. The van der Waals surface area contributed by atoms with E-state index in [-0.39, 0.29) is 29.5 Å². The lowest BCUT2D eigenvalue weighted by molar-refractivity contribution is 0.0520. The molecule has 2 aromatic heterocycles. The summed E-state index contributed by atoms with van der Waals surface area (Å²) in [4.78, 5) is 16.4. The van der Waals surface area contributed by atoms with Crippen molar-refractivity contribution in [2.75, 3.05) is 7.11 Å². The average molecular weight is 447 g/mol. The molecular formula is C22H23FN2O5S. The fraction of sp³-hybridized carbons (Fsp3) is 0.364. The van der Waals surface area contributed by atoms with E-state index in [1.807, 2.05) is 0 Å². The van der Waals surface area contributed by atoms with E-state index < -0.39 is 27.4 Å². The molecule has 1 aliphatic carbocycles. The van der Waals surface area contributed by atoms with Gasteiger partial charge in [0.05, 0.1) is 22.4 Å². The Balaban J connectivity index is 1.43. The van der Waals surface area contributed by atoms with E-state index in [9.17, 15) is 17.6 Å². The van der Waals surface area contributed by atoms with Crippen LogP contribution in [-0.4, -0.2) is 43.9 Å². The number of furan rings is 1. The van der Waals surface area contributed by atoms with Crippen LogP contribution in [-0.2, 0) is 21.1 Å². The number of carbonyl (C=O) groups excluding carboxylic acids is 1. The van der Waals surface area contributed by atoms with Crippen molar-refractivity contribution in [1.29, 1.82) is 0 Å². The van der Waals surface area contributed by atoms with Crippen LogP contribution in [0.1, 0.15) is 35.4 Å². The molecule has 1 amide bonds. The predicted octanol–water partition coefficient (Wildman–Crippen LogP) is 3.44. The first-order valence-corrected chi connectivity index (χ1v) is 11.5. The molecule has 1 aliphatic rings. The molecule has 164 valence electrons. The predicted molar refractivity (Wildman–Crippen MR) is 112 cm³/mol. The minimum atomic E-state index is -3.74. The van der Waals surface area contributed by atoms with Gasteiger partial charge in [0, 0.05) is 25.2 Å². The molecule has 3 atom stereocenters. The number of nitrogens with zero attached hydrogens (tertiary/aromatic N) is 1. The number of amides is 1. The van der Waals surface area contributed by atoms with Gasteiger partial charge in [-0.25, -0.2) is 12.8 Å². The SMILES string of the molecule is COC1CCC(F)CC1S(=O)(=O)c1ccc(CNC(=O)c2cc3ccncc3o2)cc1. The van der Waals surface area contributed by atoms with Crippen molar-refractivity contribution in [3.63, 3.8) is 0 Å². The Kier molecular flexibility index (Phi) is 6.06. The number of sulfone groups is 1. The zero-order valence-corrected chi connectivity index (χ0v) is 17.8. The van der Waals surface area contributed by atoms with Gasteiger partial charge in [-0.3, -0.25) is 9.78 Å². The smallest absolute Gasteiger partial charge is 0.287 e. The highest BCUT2D eigenvalue weighted by molar-refractivity contribution is 7.92. The van der Waals surface area contributed by atoms with Gasteiger partial charge in [0.25, 0.3) is 5.91 Å². The lowest BCUT2D eigenvalue weighted by atomic mass is 9.95. The quantitative estimate of drug-likeness (QED) is 0.623. The number of nitrogens with one attached hydrogen (secondary N) is 1. The van der Waals surface area contributed by atoms with E-state index >= 15 is 0 Å². The second-order valence-corrected chi connectivity index (χ2v) is 9.79. The zero-order chi connectivity index (χ0) is 22.0. The molecule has 3 unspecified atom stereocenters. The summed E-state index contributed by atoms with van der Waals surface area (Å²) in [7, 11) is -2.28. The molecule has 3 aromatic rings. The lowest BCUT2D eigenvalue weighted by Crippen LogP contribution is -2.41. The molecule has 0 radical (unpaired) electrons. The van der Waals surface area contributed by atoms with Crippen molar-refractivity contribution < 1.29 is 26.8 Å². The molecule has 1 fully saturated rings. The van der Waals surface area contributed by atoms with Crippen molar-refractivity contribution in [2.45, 2.75) is 48.2 Å². The van der Waals surface area contributed by atoms with Gasteiger partial charge in [-0.1, -0.05) is 12.1 Å². The van der Waals surface area contributed by atoms with Crippen LogP contribution in [0.5, 0.6) is 0 Å². The molecule has 0 spiro atoms. The van der Waals surface area contributed by atoms with Crippen LogP contribution >= 0.6 is 0 Å². The number of alkyl halides is 1. The van der Waals surface area contributed by atoms with E-state index in [0.29, 0.717) is 18.4 Å². The van der Waals surface area contributed by atoms with Gasteiger partial charge >= 0.3 is 0 Å². The van der Waals surface area contributed by atoms with Crippen LogP contribution in [0.3, 0.4) is 0 Å². The summed E-state index contributed by atoms with van der Waals surface area (Å²) in [6.45, 7) is 0.200. The van der Waals surface area contributed by atoms with Crippen molar-refractivity contribution in [1.82, 2.24) is 10.3 Å². The van der Waals surface area contributed by atoms with Gasteiger partial charge in [-0.2, -0.15) is 0 Å². The van der Waals surface area contributed by atoms with Crippen LogP contribution in [0, 0.1) is 0 Å². The van der Waals surface area contributed by atoms with E-state index in [1.165, 1.54) is 25.4 Å². The van der Waals surface area contributed by atoms with E-state index in [0.717, 1.165) is 10.9 Å². The third kappa shape index (κ3) is 4.47. The molecular weight excluding hydrogens is 423 g/mol. The second kappa shape index (κ2) is 8.76. The molecule has 7 nitrogen and oxygen atoms in total. The molecule has 0 saturated heterocycles. The van der Waals surface area contributed by atoms with Gasteiger partial charge in [0.15, 0.2) is 21.2 Å². The molecule has 4 rings (SSSR count). The number of halogens is 1. The number of aromatic nitrogens is 1. The van der Waals surface area contributed by atoms with Gasteiger partial charge in [-0.05, 0) is 49.1 Å². The third-order valence-electron chi connectivity index (χ3n) is 5.62. The molecule has 9 heteroatoms. The van der Waals surface area contributed by atoms with E-state index in [4.69, 9.17) is 9.15 Å². The van der Waals surface area contributed by atoms with Crippen LogP contribution < -0.4 is 5.32 Å². The van der Waals surface area contributed by atoms with E-state index in [1.54, 1.807) is 30.5 Å². The van der Waals surface area contributed by atoms with Crippen molar-refractivity contribution in [3.8, 4) is 0 Å². The van der Waals surface area contributed by atoms with Gasteiger partial charge in [0.1, 0.15) is 6.17 Å². The molecule has 1 saturated carbocycles. The number of rotatable bonds is 6. The molecule has 31 heavy (non-hydrogen) atoms. The van der Waals surface area contributed by atoms with Crippen molar-refractivity contribution >= 4 is 26.7 Å². The molecule has 2 heterocycles. The maximum absolute atomic E-state index is 13.9. The Bertz CT molecular complexity index is 1140. The number of methoxy groups -OCH3 is 1. The third-order valence-corrected chi connectivity index (χ3v) is 7.84. The molecule has 0 bridgehead atoms. The number of pyridine rings is 1. The number of hydrogen-bond acceptors (Lipinski definition) is 6. The highest BCUT2D eigenvalue weighted by atomic mass is 32.2. The molecule has 0 aliphatic heterocycles. The van der Waals surface area contributed by atoms with Crippen LogP contribution in [0.4, 0.5) is 4.39 Å². The maximum Gasteiger partial charge on any atom is 0.287 e. The monoisotopic (exact) mass is 446 g/mol. The van der Waals surface area contributed by atoms with Crippen LogP contribution in [0.2, 0.25) is 0 Å². The summed E-state index contributed by atoms with van der Waals surface area (Å²) >= 11 is 0. The second-order valence-electron chi connectivity index (χ2n) is 7.62. The first kappa shape index (κ1) is 21.5. The minimum absolute atomic E-state index is 0.0638. The topological polar surface area (TPSA) is 98.5 Å². The first-order valence-electron chi connectivity index (χ1n) is 10.00. The number of ether oxygens (including phenoxy) is 1. The highest BCUT2D eigenvalue weighted by Crippen LogP contribution is 2.32. The normalized spacial score (nSPS) is 21.8. The first-order chi connectivity index (χ1) is 14.9. The Morgan fingerprint density at radius 3 is 2.74 bits per heavy atom. The van der Waals surface area contributed by atoms with Crippen molar-refractivity contribution in [3.05, 3.63) is 60.1 Å². The van der Waals surface area contributed by atoms with Gasteiger partial charge < -0.3 is 14.5 Å². The summed E-state index contributed by atoms with van der Waals surface area (Å²) in [6, 6.07) is 9.62. The standard InChI is InChI=1S/C22H23FN2O5S/c1-29-18-7-4-16(23)11-21(18)31(27,28)17-5-2-14(3-6-17)12-25-22(26)19-10-15-8-9-24-13-20(15)30-19/h2-3,5-6,8-10,13,16,18,21H,4,7,11-12H2,1H3,(H,25,26). The Morgan fingerprint density at radius 1 is 1.26 bits per heavy atom. The fourth-order valence-corrected chi connectivity index (χ4v) is 5.86. The minimum Gasteiger partial charge on any atom is -0.449 e. The van der Waals surface area contributed by atoms with Crippen LogP contribution in [0.15, 0.2) is 58.1 Å². The lowest BCUT2D eigenvalue weighted by Gasteiger charge is -2.31. The van der Waals surface area contributed by atoms with Crippen molar-refractivity contribution in [2.24, 2.45) is 0 Å². The summed E-state index contributed by atoms with van der Waals surface area (Å²) in [5, 5.41) is 2.62. The Hall–Kier alpha value is -2.78. The molecule has 1 N–H and O–H groups in total. The Labute approximate surface area is 179 Å². The maximum atomic E-state index is 13.9. The highest BCUT2D eigenvalue weighted by Gasteiger charge is 2.40. The largest absolute Gasteiger partial charge is 0.449 e. The van der Waals surface area contributed by atoms with Crippen LogP contribution in [0.25, 0.3) is 11.0 Å². The Morgan fingerprint density at radius 2 is 2.03 bits per heavy atom. The summed E-state index contributed by atoms with van der Waals surface area (Å²) < 4.78 is 50.7. The summed E-state index contributed by atoms with van der Waals surface area (Å²) in [6.07, 6.45) is 2.12. The van der Waals surface area contributed by atoms with Gasteiger partial charge in [-0.15, -0.1) is 0 Å². The number of benzene rings is 1. The number of hydrogen-bond donors (Lipinski definition) is 1. The summed E-state index contributed by atoms with van der Waals surface area (Å²) in [5.74, 6) is -0.210. The fourth-order valence-electron chi connectivity index (χ4n) is 3.89. The summed E-state index contributed by atoms with van der Waals surface area (Å²) in [5.41, 5.74) is 1.25. The number of carbonyl (C=O) groups is 1. The van der Waals surface area contributed by atoms with Gasteiger partial charge in [0.2, 0.25) is 0 Å². The average Bonchev–Trinajstić information content (AvgIpc) is 3.22. The molecule has 1 aromatic carbocycles. The zero-order valence-electron chi connectivity index (χ0n) is 17.0.